The Balaban J connectivity index is 1.94. The van der Waals surface area contributed by atoms with Crippen LogP contribution in [0.25, 0.3) is 0 Å². The molecule has 1 saturated heterocycles. The number of nitrogens with one attached hydrogen (secondary N) is 3. The number of rotatable bonds is 6. The van der Waals surface area contributed by atoms with Gasteiger partial charge in [-0.15, -0.1) is 0 Å². The Kier molecular flexibility index (Phi) is 6.93. The van der Waals surface area contributed by atoms with E-state index in [1.807, 2.05) is 0 Å². The molecule has 0 aromatic carbocycles. The molecule has 0 atom stereocenters. The zero-order chi connectivity index (χ0) is 13.2. The van der Waals surface area contributed by atoms with E-state index in [0.29, 0.717) is 13.1 Å². The maximum absolute atomic E-state index is 11.3. The fraction of sp³-hybridized carbons (Fsp3) is 0.818. The molecule has 0 spiro atoms. The molecular formula is C11H22N4O3. The molecule has 7 heteroatoms. The normalized spacial score (nSPS) is 16.0. The Bertz CT molecular complexity index is 267. The zero-order valence-electron chi connectivity index (χ0n) is 10.6. The molecule has 1 aliphatic heterocycles. The monoisotopic (exact) mass is 258 g/mol. The highest BCUT2D eigenvalue weighted by molar-refractivity contribution is 5.73. The largest absolute Gasteiger partial charge is 0.465 e. The maximum Gasteiger partial charge on any atom is 0.404 e. The van der Waals surface area contributed by atoms with Gasteiger partial charge in [0.15, 0.2) is 0 Å². The van der Waals surface area contributed by atoms with Crippen molar-refractivity contribution >= 4 is 12.1 Å². The number of urea groups is 1. The molecule has 0 aromatic heterocycles. The summed E-state index contributed by atoms with van der Waals surface area (Å²) in [6.45, 7) is 4.24. The summed E-state index contributed by atoms with van der Waals surface area (Å²) in [5.74, 6) is 0. The predicted molar refractivity (Wildman–Crippen MR) is 67.7 cm³/mol. The summed E-state index contributed by atoms with van der Waals surface area (Å²) >= 11 is 0. The lowest BCUT2D eigenvalue weighted by molar-refractivity contribution is 0.194. The first kappa shape index (κ1) is 14.6. The second kappa shape index (κ2) is 8.57. The van der Waals surface area contributed by atoms with Crippen molar-refractivity contribution in [1.82, 2.24) is 20.9 Å². The Morgan fingerprint density at radius 2 is 1.56 bits per heavy atom. The third-order valence-electron chi connectivity index (χ3n) is 2.85. The van der Waals surface area contributed by atoms with Gasteiger partial charge in [0, 0.05) is 26.2 Å². The Hall–Kier alpha value is -1.50. The van der Waals surface area contributed by atoms with Crippen LogP contribution in [-0.2, 0) is 0 Å². The molecule has 0 bridgehead atoms. The van der Waals surface area contributed by atoms with Crippen LogP contribution < -0.4 is 16.0 Å². The Labute approximate surface area is 107 Å². The average molecular weight is 258 g/mol. The van der Waals surface area contributed by atoms with Gasteiger partial charge in [-0.25, -0.2) is 9.59 Å². The van der Waals surface area contributed by atoms with Crippen molar-refractivity contribution < 1.29 is 14.7 Å². The minimum Gasteiger partial charge on any atom is -0.465 e. The first-order valence-corrected chi connectivity index (χ1v) is 6.39. The first-order valence-electron chi connectivity index (χ1n) is 6.39. The molecule has 0 radical (unpaired) electrons. The minimum absolute atomic E-state index is 0.217. The number of hydrogen-bond acceptors (Lipinski definition) is 3. The van der Waals surface area contributed by atoms with Crippen LogP contribution in [-0.4, -0.2) is 61.4 Å². The smallest absolute Gasteiger partial charge is 0.404 e. The van der Waals surface area contributed by atoms with Crippen molar-refractivity contribution in [2.45, 2.75) is 19.3 Å². The van der Waals surface area contributed by atoms with Crippen LogP contribution in [0.5, 0.6) is 0 Å². The van der Waals surface area contributed by atoms with Gasteiger partial charge in [0.2, 0.25) is 0 Å². The second-order valence-corrected chi connectivity index (χ2v) is 4.32. The predicted octanol–water partition coefficient (Wildman–Crippen LogP) is 0.0391. The van der Waals surface area contributed by atoms with Crippen LogP contribution in [0, 0.1) is 0 Å². The van der Waals surface area contributed by atoms with Crippen LogP contribution >= 0.6 is 0 Å². The number of nitrogens with zero attached hydrogens (tertiary/aromatic N) is 1. The van der Waals surface area contributed by atoms with E-state index in [4.69, 9.17) is 5.11 Å². The first-order chi connectivity index (χ1) is 8.68. The Morgan fingerprint density at radius 1 is 0.944 bits per heavy atom. The third-order valence-corrected chi connectivity index (χ3v) is 2.85. The standard InChI is InChI=1S/C11H22N4O3/c16-10(12-4-5-14-11(17)18)13-6-9-15-7-2-1-3-8-15/h14H,1-9H2,(H,17,18)(H2,12,13,16). The van der Waals surface area contributed by atoms with Crippen molar-refractivity contribution in [3.8, 4) is 0 Å². The lowest BCUT2D eigenvalue weighted by Gasteiger charge is -2.26. The summed E-state index contributed by atoms with van der Waals surface area (Å²) in [6, 6.07) is -0.251. The van der Waals surface area contributed by atoms with Gasteiger partial charge in [-0.1, -0.05) is 6.42 Å². The maximum atomic E-state index is 11.3. The SMILES string of the molecule is O=C(O)NCCNC(=O)NCCN1CCCCC1. The highest BCUT2D eigenvalue weighted by Gasteiger charge is 2.09. The van der Waals surface area contributed by atoms with E-state index in [9.17, 15) is 9.59 Å². The van der Waals surface area contributed by atoms with Crippen molar-refractivity contribution in [3.63, 3.8) is 0 Å². The molecule has 0 saturated carbocycles. The van der Waals surface area contributed by atoms with Gasteiger partial charge in [-0.2, -0.15) is 0 Å². The molecule has 3 amide bonds. The minimum atomic E-state index is -1.08. The van der Waals surface area contributed by atoms with Gasteiger partial charge < -0.3 is 26.0 Å². The summed E-state index contributed by atoms with van der Waals surface area (Å²) in [6.07, 6.45) is 2.71. The van der Waals surface area contributed by atoms with E-state index < -0.39 is 6.09 Å². The van der Waals surface area contributed by atoms with Crippen LogP contribution in [0.2, 0.25) is 0 Å². The number of hydrogen-bond donors (Lipinski definition) is 4. The van der Waals surface area contributed by atoms with Gasteiger partial charge >= 0.3 is 12.1 Å². The van der Waals surface area contributed by atoms with Gasteiger partial charge in [-0.05, 0) is 25.9 Å². The third kappa shape index (κ3) is 6.95. The lowest BCUT2D eigenvalue weighted by Crippen LogP contribution is -2.43. The second-order valence-electron chi connectivity index (χ2n) is 4.32. The number of carboxylic acid groups (broad SMARTS) is 1. The number of carbonyl (C=O) groups excluding carboxylic acids is 1. The molecule has 1 aliphatic rings. The van der Waals surface area contributed by atoms with Crippen LogP contribution in [0.1, 0.15) is 19.3 Å². The Morgan fingerprint density at radius 3 is 2.22 bits per heavy atom. The fourth-order valence-electron chi connectivity index (χ4n) is 1.92. The molecule has 1 rings (SSSR count). The zero-order valence-corrected chi connectivity index (χ0v) is 10.6. The molecule has 104 valence electrons. The summed E-state index contributed by atoms with van der Waals surface area (Å²) in [5, 5.41) is 15.8. The summed E-state index contributed by atoms with van der Waals surface area (Å²) in [7, 11) is 0. The van der Waals surface area contributed by atoms with Gasteiger partial charge in [-0.3, -0.25) is 0 Å². The highest BCUT2D eigenvalue weighted by Crippen LogP contribution is 2.07. The van der Waals surface area contributed by atoms with E-state index in [2.05, 4.69) is 20.9 Å². The summed E-state index contributed by atoms with van der Waals surface area (Å²) < 4.78 is 0. The van der Waals surface area contributed by atoms with Crippen molar-refractivity contribution in [2.24, 2.45) is 0 Å². The summed E-state index contributed by atoms with van der Waals surface area (Å²) in [4.78, 5) is 23.8. The van der Waals surface area contributed by atoms with E-state index in [1.165, 1.54) is 19.3 Å². The number of likely N-dealkylation sites (tertiary alicyclic amines) is 1. The van der Waals surface area contributed by atoms with Gasteiger partial charge in [0.25, 0.3) is 0 Å². The van der Waals surface area contributed by atoms with Crippen molar-refractivity contribution in [2.75, 3.05) is 39.3 Å². The molecule has 4 N–H and O–H groups in total. The van der Waals surface area contributed by atoms with E-state index in [1.54, 1.807) is 0 Å². The van der Waals surface area contributed by atoms with Crippen LogP contribution in [0.4, 0.5) is 9.59 Å². The molecule has 18 heavy (non-hydrogen) atoms. The molecule has 1 fully saturated rings. The molecular weight excluding hydrogens is 236 g/mol. The lowest BCUT2D eigenvalue weighted by atomic mass is 10.1. The topological polar surface area (TPSA) is 93.7 Å². The molecule has 7 nitrogen and oxygen atoms in total. The molecule has 0 aliphatic carbocycles. The average Bonchev–Trinajstić information content (AvgIpc) is 2.36. The van der Waals surface area contributed by atoms with Crippen LogP contribution in [0.15, 0.2) is 0 Å². The quantitative estimate of drug-likeness (QED) is 0.506. The molecule has 1 heterocycles. The van der Waals surface area contributed by atoms with Gasteiger partial charge in [0.1, 0.15) is 0 Å². The fourth-order valence-corrected chi connectivity index (χ4v) is 1.92. The van der Waals surface area contributed by atoms with Crippen molar-refractivity contribution in [3.05, 3.63) is 0 Å². The highest BCUT2D eigenvalue weighted by atomic mass is 16.4. The number of carbonyl (C=O) groups is 2. The summed E-state index contributed by atoms with van der Waals surface area (Å²) in [5.41, 5.74) is 0. The number of piperidine rings is 1. The number of amides is 3. The van der Waals surface area contributed by atoms with Crippen LogP contribution in [0.3, 0.4) is 0 Å². The van der Waals surface area contributed by atoms with E-state index in [0.717, 1.165) is 19.6 Å². The molecule has 0 aromatic rings. The van der Waals surface area contributed by atoms with Crippen molar-refractivity contribution in [1.29, 1.82) is 0 Å². The molecule has 0 unspecified atom stereocenters. The van der Waals surface area contributed by atoms with E-state index >= 15 is 0 Å². The van der Waals surface area contributed by atoms with E-state index in [-0.39, 0.29) is 12.6 Å². The van der Waals surface area contributed by atoms with Gasteiger partial charge in [0.05, 0.1) is 0 Å².